The molecule has 1 fully saturated rings. The number of piperidine rings is 1. The second-order valence-electron chi connectivity index (χ2n) is 6.88. The highest BCUT2D eigenvalue weighted by molar-refractivity contribution is 5.84. The maximum absolute atomic E-state index is 10.9. The summed E-state index contributed by atoms with van der Waals surface area (Å²) >= 11 is 0. The van der Waals surface area contributed by atoms with Gasteiger partial charge in [-0.15, -0.1) is 5.10 Å². The molecule has 1 aromatic carbocycles. The second-order valence-corrected chi connectivity index (χ2v) is 6.88. The monoisotopic (exact) mass is 367 g/mol. The number of likely N-dealkylation sites (tertiary alicyclic amines) is 1. The van der Waals surface area contributed by atoms with Crippen LogP contribution in [0.25, 0.3) is 5.69 Å². The average Bonchev–Trinajstić information content (AvgIpc) is 3.35. The van der Waals surface area contributed by atoms with Crippen LogP contribution < -0.4 is 0 Å². The molecule has 2 aromatic heterocycles. The van der Waals surface area contributed by atoms with Crippen LogP contribution in [0.3, 0.4) is 0 Å². The summed E-state index contributed by atoms with van der Waals surface area (Å²) < 4.78 is 3.38. The van der Waals surface area contributed by atoms with Crippen molar-refractivity contribution in [1.29, 1.82) is 0 Å². The van der Waals surface area contributed by atoms with E-state index in [9.17, 15) is 4.79 Å². The van der Waals surface area contributed by atoms with Crippen molar-refractivity contribution in [3.63, 3.8) is 0 Å². The van der Waals surface area contributed by atoms with E-state index in [1.807, 2.05) is 12.1 Å². The third-order valence-electron chi connectivity index (χ3n) is 4.83. The molecule has 27 heavy (non-hydrogen) atoms. The highest BCUT2D eigenvalue weighted by atomic mass is 16.4. The van der Waals surface area contributed by atoms with Gasteiger partial charge in [0.1, 0.15) is 12.7 Å². The molecule has 0 radical (unpaired) electrons. The van der Waals surface area contributed by atoms with Gasteiger partial charge in [0.05, 0.1) is 11.9 Å². The summed E-state index contributed by atoms with van der Waals surface area (Å²) in [6.07, 6.45) is 6.96. The van der Waals surface area contributed by atoms with E-state index >= 15 is 0 Å². The Kier molecular flexibility index (Phi) is 4.93. The number of rotatable bonds is 6. The van der Waals surface area contributed by atoms with Crippen LogP contribution in [0.2, 0.25) is 0 Å². The number of hydrogen-bond donors (Lipinski definition) is 1. The van der Waals surface area contributed by atoms with E-state index in [0.29, 0.717) is 12.5 Å². The van der Waals surface area contributed by atoms with Gasteiger partial charge in [-0.1, -0.05) is 17.3 Å². The van der Waals surface area contributed by atoms with Gasteiger partial charge in [-0.25, -0.2) is 14.5 Å². The largest absolute Gasteiger partial charge is 0.476 e. The molecule has 1 atom stereocenters. The molecule has 0 amide bonds. The van der Waals surface area contributed by atoms with Gasteiger partial charge in [-0.05, 0) is 43.0 Å². The molecule has 0 aliphatic carbocycles. The molecule has 1 saturated heterocycles. The summed E-state index contributed by atoms with van der Waals surface area (Å²) in [5.74, 6) is -0.600. The van der Waals surface area contributed by atoms with E-state index < -0.39 is 5.97 Å². The maximum atomic E-state index is 10.9. The molecule has 140 valence electrons. The zero-order valence-corrected chi connectivity index (χ0v) is 14.8. The molecule has 4 rings (SSSR count). The van der Waals surface area contributed by atoms with Crippen LogP contribution in [-0.4, -0.2) is 58.8 Å². The van der Waals surface area contributed by atoms with E-state index in [-0.39, 0.29) is 5.69 Å². The molecular formula is C18H21N7O2. The van der Waals surface area contributed by atoms with E-state index in [0.717, 1.165) is 38.2 Å². The van der Waals surface area contributed by atoms with Gasteiger partial charge in [-0.2, -0.15) is 5.10 Å². The summed E-state index contributed by atoms with van der Waals surface area (Å²) in [7, 11) is 0. The quantitative estimate of drug-likeness (QED) is 0.704. The molecule has 0 spiro atoms. The van der Waals surface area contributed by atoms with Crippen LogP contribution in [0.15, 0.2) is 43.1 Å². The molecule has 1 aliphatic rings. The first-order valence-electron chi connectivity index (χ1n) is 8.97. The Morgan fingerprint density at radius 1 is 1.26 bits per heavy atom. The van der Waals surface area contributed by atoms with Gasteiger partial charge >= 0.3 is 5.97 Å². The number of aromatic carboxylic acids is 1. The van der Waals surface area contributed by atoms with E-state index in [4.69, 9.17) is 5.11 Å². The van der Waals surface area contributed by atoms with Gasteiger partial charge in [-0.3, -0.25) is 9.58 Å². The molecule has 1 N–H and O–H groups in total. The van der Waals surface area contributed by atoms with Gasteiger partial charge < -0.3 is 5.11 Å². The zero-order chi connectivity index (χ0) is 18.6. The lowest BCUT2D eigenvalue weighted by Crippen LogP contribution is -2.36. The fraction of sp³-hybridized carbons (Fsp3) is 0.389. The van der Waals surface area contributed by atoms with Crippen molar-refractivity contribution in [2.45, 2.75) is 25.9 Å². The predicted molar refractivity (Wildman–Crippen MR) is 96.3 cm³/mol. The highest BCUT2D eigenvalue weighted by Crippen LogP contribution is 2.20. The number of benzene rings is 1. The van der Waals surface area contributed by atoms with Crippen molar-refractivity contribution >= 4 is 5.97 Å². The van der Waals surface area contributed by atoms with Crippen LogP contribution in [0, 0.1) is 5.92 Å². The Hall–Kier alpha value is -3.07. The van der Waals surface area contributed by atoms with Crippen LogP contribution >= 0.6 is 0 Å². The molecule has 1 unspecified atom stereocenters. The molecule has 1 aliphatic heterocycles. The van der Waals surface area contributed by atoms with Crippen LogP contribution in [0.4, 0.5) is 0 Å². The Labute approximate surface area is 156 Å². The van der Waals surface area contributed by atoms with E-state index in [1.54, 1.807) is 15.7 Å². The molecule has 9 nitrogen and oxygen atoms in total. The maximum Gasteiger partial charge on any atom is 0.358 e. The molecule has 0 bridgehead atoms. The Bertz CT molecular complexity index is 889. The summed E-state index contributed by atoms with van der Waals surface area (Å²) in [5.41, 5.74) is 2.25. The average molecular weight is 367 g/mol. The van der Waals surface area contributed by atoms with Crippen molar-refractivity contribution in [3.8, 4) is 5.69 Å². The number of carboxylic acids is 1. The fourth-order valence-corrected chi connectivity index (χ4v) is 3.55. The SMILES string of the molecule is O=C(O)c1cn(CC2CCCN(Cc3ccc(-n4cncn4)cc3)C2)nn1. The van der Waals surface area contributed by atoms with E-state index in [2.05, 4.69) is 37.4 Å². The predicted octanol–water partition coefficient (Wildman–Crippen LogP) is 1.47. The Morgan fingerprint density at radius 2 is 2.11 bits per heavy atom. The minimum absolute atomic E-state index is 0.00450. The second kappa shape index (κ2) is 7.67. The summed E-state index contributed by atoms with van der Waals surface area (Å²) in [6, 6.07) is 8.34. The highest BCUT2D eigenvalue weighted by Gasteiger charge is 2.21. The molecule has 3 heterocycles. The Balaban J connectivity index is 1.34. The minimum Gasteiger partial charge on any atom is -0.476 e. The Morgan fingerprint density at radius 3 is 2.81 bits per heavy atom. The topological polar surface area (TPSA) is 102 Å². The lowest BCUT2D eigenvalue weighted by atomic mass is 9.97. The van der Waals surface area contributed by atoms with Crippen LogP contribution in [-0.2, 0) is 13.1 Å². The summed E-state index contributed by atoms with van der Waals surface area (Å²) in [4.78, 5) is 17.3. The standard InChI is InChI=1S/C18H21N7O2/c26-18(27)17-11-24(22-21-17)10-15-2-1-7-23(9-15)8-14-3-5-16(6-4-14)25-13-19-12-20-25/h3-6,11-13,15H,1-2,7-10H2,(H,26,27). The smallest absolute Gasteiger partial charge is 0.358 e. The first-order valence-corrected chi connectivity index (χ1v) is 8.97. The molecule has 3 aromatic rings. The van der Waals surface area contributed by atoms with Crippen LogP contribution in [0.5, 0.6) is 0 Å². The number of carboxylic acid groups (broad SMARTS) is 1. The lowest BCUT2D eigenvalue weighted by Gasteiger charge is -2.32. The van der Waals surface area contributed by atoms with Crippen molar-refractivity contribution in [2.24, 2.45) is 5.92 Å². The number of aromatic nitrogens is 6. The molecular weight excluding hydrogens is 346 g/mol. The third kappa shape index (κ3) is 4.20. The zero-order valence-electron chi connectivity index (χ0n) is 14.8. The summed E-state index contributed by atoms with van der Waals surface area (Å²) in [5, 5.41) is 20.7. The molecule has 9 heteroatoms. The van der Waals surface area contributed by atoms with Crippen molar-refractivity contribution in [2.75, 3.05) is 13.1 Å². The first-order chi connectivity index (χ1) is 13.2. The van der Waals surface area contributed by atoms with E-state index in [1.165, 1.54) is 18.1 Å². The summed E-state index contributed by atoms with van der Waals surface area (Å²) in [6.45, 7) is 3.63. The van der Waals surface area contributed by atoms with Crippen molar-refractivity contribution in [1.82, 2.24) is 34.7 Å². The lowest BCUT2D eigenvalue weighted by molar-refractivity contribution is 0.0690. The van der Waals surface area contributed by atoms with Crippen LogP contribution in [0.1, 0.15) is 28.9 Å². The number of carbonyl (C=O) groups is 1. The van der Waals surface area contributed by atoms with Gasteiger partial charge in [0.15, 0.2) is 5.69 Å². The van der Waals surface area contributed by atoms with Gasteiger partial charge in [0.2, 0.25) is 0 Å². The number of hydrogen-bond acceptors (Lipinski definition) is 6. The molecule has 0 saturated carbocycles. The minimum atomic E-state index is -1.04. The number of nitrogens with zero attached hydrogens (tertiary/aromatic N) is 7. The van der Waals surface area contributed by atoms with Gasteiger partial charge in [0, 0.05) is 19.6 Å². The fourth-order valence-electron chi connectivity index (χ4n) is 3.55. The van der Waals surface area contributed by atoms with Crippen molar-refractivity contribution < 1.29 is 9.90 Å². The van der Waals surface area contributed by atoms with Crippen molar-refractivity contribution in [3.05, 3.63) is 54.4 Å². The third-order valence-corrected chi connectivity index (χ3v) is 4.83. The van der Waals surface area contributed by atoms with Gasteiger partial charge in [0.25, 0.3) is 0 Å². The first kappa shape index (κ1) is 17.3. The normalized spacial score (nSPS) is 17.9.